The summed E-state index contributed by atoms with van der Waals surface area (Å²) >= 11 is 0. The summed E-state index contributed by atoms with van der Waals surface area (Å²) in [5, 5.41) is 8.70. The van der Waals surface area contributed by atoms with Gasteiger partial charge in [-0.1, -0.05) is 42.5 Å². The minimum absolute atomic E-state index is 0.0161. The van der Waals surface area contributed by atoms with Crippen LogP contribution in [0.5, 0.6) is 0 Å². The Bertz CT molecular complexity index is 654. The van der Waals surface area contributed by atoms with E-state index in [1.54, 1.807) is 12.1 Å². The third kappa shape index (κ3) is 3.95. The molecule has 0 aliphatic rings. The summed E-state index contributed by atoms with van der Waals surface area (Å²) in [6.45, 7) is 4.63. The van der Waals surface area contributed by atoms with Crippen molar-refractivity contribution in [1.29, 1.82) is 5.26 Å². The maximum atomic E-state index is 12.7. The van der Waals surface area contributed by atoms with Gasteiger partial charge >= 0.3 is 0 Å². The molecule has 0 bridgehead atoms. The third-order valence-corrected chi connectivity index (χ3v) is 3.56. The van der Waals surface area contributed by atoms with E-state index in [0.717, 1.165) is 11.1 Å². The van der Waals surface area contributed by atoms with Gasteiger partial charge in [0, 0.05) is 18.2 Å². The lowest BCUT2D eigenvalue weighted by Crippen LogP contribution is -2.36. The minimum atomic E-state index is 0.0161. The molecule has 2 rings (SSSR count). The van der Waals surface area contributed by atoms with E-state index in [2.05, 4.69) is 6.07 Å². The fourth-order valence-electron chi connectivity index (χ4n) is 2.29. The summed E-state index contributed by atoms with van der Waals surface area (Å²) in [7, 11) is 0. The Morgan fingerprint density at radius 1 is 1.05 bits per heavy atom. The Labute approximate surface area is 131 Å². The number of rotatable bonds is 5. The average Bonchev–Trinajstić information content (AvgIpc) is 2.54. The number of amides is 1. The van der Waals surface area contributed by atoms with E-state index in [0.29, 0.717) is 18.5 Å². The van der Waals surface area contributed by atoms with E-state index in [1.165, 1.54) is 0 Å². The number of carbonyl (C=O) groups excluding carboxylic acids is 1. The smallest absolute Gasteiger partial charge is 0.254 e. The highest BCUT2D eigenvalue weighted by atomic mass is 16.2. The normalized spacial score (nSPS) is 10.3. The van der Waals surface area contributed by atoms with Gasteiger partial charge in [-0.15, -0.1) is 0 Å². The predicted octanol–water partition coefficient (Wildman–Crippen LogP) is 3.80. The Balaban J connectivity index is 2.17. The highest BCUT2D eigenvalue weighted by Gasteiger charge is 2.18. The number of nitriles is 1. The summed E-state index contributed by atoms with van der Waals surface area (Å²) < 4.78 is 0. The van der Waals surface area contributed by atoms with Gasteiger partial charge in [-0.25, -0.2) is 0 Å². The molecular weight excluding hydrogens is 272 g/mol. The first-order valence-corrected chi connectivity index (χ1v) is 7.42. The molecule has 1 amide bonds. The van der Waals surface area contributed by atoms with Gasteiger partial charge in [0.2, 0.25) is 0 Å². The van der Waals surface area contributed by atoms with Crippen LogP contribution >= 0.6 is 0 Å². The SMILES string of the molecule is CC(C)N(Cc1ccccc1)C(=O)c1ccc(CC#N)cc1. The number of benzene rings is 2. The predicted molar refractivity (Wildman–Crippen MR) is 87.2 cm³/mol. The van der Waals surface area contributed by atoms with Gasteiger partial charge in [0.15, 0.2) is 0 Å². The molecule has 0 aromatic heterocycles. The van der Waals surface area contributed by atoms with E-state index >= 15 is 0 Å². The monoisotopic (exact) mass is 292 g/mol. The molecule has 3 heteroatoms. The van der Waals surface area contributed by atoms with Crippen molar-refractivity contribution in [3.05, 3.63) is 71.3 Å². The number of nitrogens with zero attached hydrogens (tertiary/aromatic N) is 2. The molecule has 112 valence electrons. The van der Waals surface area contributed by atoms with Crippen molar-refractivity contribution in [2.75, 3.05) is 0 Å². The zero-order chi connectivity index (χ0) is 15.9. The van der Waals surface area contributed by atoms with Gasteiger partial charge in [-0.05, 0) is 37.1 Å². The molecule has 3 nitrogen and oxygen atoms in total. The van der Waals surface area contributed by atoms with E-state index < -0.39 is 0 Å². The largest absolute Gasteiger partial charge is 0.332 e. The lowest BCUT2D eigenvalue weighted by Gasteiger charge is -2.27. The first kappa shape index (κ1) is 15.8. The van der Waals surface area contributed by atoms with E-state index in [1.807, 2.05) is 61.2 Å². The van der Waals surface area contributed by atoms with Crippen molar-refractivity contribution >= 4 is 5.91 Å². The molecule has 0 saturated heterocycles. The standard InChI is InChI=1S/C19H20N2O/c1-15(2)21(14-17-6-4-3-5-7-17)19(22)18-10-8-16(9-11-18)12-13-20/h3-11,15H,12,14H2,1-2H3. The van der Waals surface area contributed by atoms with Crippen molar-refractivity contribution in [3.8, 4) is 6.07 Å². The maximum Gasteiger partial charge on any atom is 0.254 e. The minimum Gasteiger partial charge on any atom is -0.332 e. The van der Waals surface area contributed by atoms with Crippen molar-refractivity contribution in [3.63, 3.8) is 0 Å². The highest BCUT2D eigenvalue weighted by molar-refractivity contribution is 5.94. The van der Waals surface area contributed by atoms with Crippen LogP contribution in [0, 0.1) is 11.3 Å². The van der Waals surface area contributed by atoms with E-state index in [-0.39, 0.29) is 11.9 Å². The Morgan fingerprint density at radius 2 is 1.68 bits per heavy atom. The number of hydrogen-bond donors (Lipinski definition) is 0. The molecule has 0 spiro atoms. The molecule has 0 aliphatic heterocycles. The summed E-state index contributed by atoms with van der Waals surface area (Å²) in [5.41, 5.74) is 2.70. The molecule has 22 heavy (non-hydrogen) atoms. The molecule has 0 atom stereocenters. The maximum absolute atomic E-state index is 12.7. The second-order valence-electron chi connectivity index (χ2n) is 5.54. The van der Waals surface area contributed by atoms with Crippen LogP contribution in [0.1, 0.15) is 35.3 Å². The van der Waals surface area contributed by atoms with Crippen LogP contribution in [0.4, 0.5) is 0 Å². The van der Waals surface area contributed by atoms with Crippen molar-refractivity contribution in [1.82, 2.24) is 4.90 Å². The van der Waals surface area contributed by atoms with Gasteiger partial charge in [-0.3, -0.25) is 4.79 Å². The molecule has 0 heterocycles. The van der Waals surface area contributed by atoms with Gasteiger partial charge in [0.05, 0.1) is 12.5 Å². The fourth-order valence-corrected chi connectivity index (χ4v) is 2.29. The molecule has 0 saturated carbocycles. The Kier molecular flexibility index (Phi) is 5.32. The van der Waals surface area contributed by atoms with Crippen molar-refractivity contribution in [2.24, 2.45) is 0 Å². The zero-order valence-corrected chi connectivity index (χ0v) is 13.0. The lowest BCUT2D eigenvalue weighted by atomic mass is 10.1. The summed E-state index contributed by atoms with van der Waals surface area (Å²) in [4.78, 5) is 14.6. The van der Waals surface area contributed by atoms with Crippen LogP contribution in [0.15, 0.2) is 54.6 Å². The molecule has 0 fully saturated rings. The first-order chi connectivity index (χ1) is 10.6. The summed E-state index contributed by atoms with van der Waals surface area (Å²) in [6, 6.07) is 19.5. The van der Waals surface area contributed by atoms with Crippen molar-refractivity contribution < 1.29 is 4.79 Å². The van der Waals surface area contributed by atoms with Crippen LogP contribution in [0.2, 0.25) is 0 Å². The number of carbonyl (C=O) groups is 1. The van der Waals surface area contributed by atoms with Crippen LogP contribution in [0.3, 0.4) is 0 Å². The van der Waals surface area contributed by atoms with Gasteiger partial charge in [-0.2, -0.15) is 5.26 Å². The lowest BCUT2D eigenvalue weighted by molar-refractivity contribution is 0.0690. The molecule has 0 radical (unpaired) electrons. The first-order valence-electron chi connectivity index (χ1n) is 7.42. The molecular formula is C19H20N2O. The molecule has 0 N–H and O–H groups in total. The molecule has 2 aromatic rings. The highest BCUT2D eigenvalue weighted by Crippen LogP contribution is 2.14. The van der Waals surface area contributed by atoms with E-state index in [9.17, 15) is 4.79 Å². The second-order valence-corrected chi connectivity index (χ2v) is 5.54. The van der Waals surface area contributed by atoms with Gasteiger partial charge in [0.1, 0.15) is 0 Å². The molecule has 0 aliphatic carbocycles. The Hall–Kier alpha value is -2.60. The molecule has 0 unspecified atom stereocenters. The Morgan fingerprint density at radius 3 is 2.23 bits per heavy atom. The average molecular weight is 292 g/mol. The summed E-state index contributed by atoms with van der Waals surface area (Å²) in [5.74, 6) is 0.0161. The van der Waals surface area contributed by atoms with Crippen LogP contribution in [-0.4, -0.2) is 16.8 Å². The topological polar surface area (TPSA) is 44.1 Å². The zero-order valence-electron chi connectivity index (χ0n) is 13.0. The van der Waals surface area contributed by atoms with Gasteiger partial charge < -0.3 is 4.90 Å². The molecule has 2 aromatic carbocycles. The number of hydrogen-bond acceptors (Lipinski definition) is 2. The van der Waals surface area contributed by atoms with Crippen LogP contribution in [0.25, 0.3) is 0 Å². The van der Waals surface area contributed by atoms with E-state index in [4.69, 9.17) is 5.26 Å². The van der Waals surface area contributed by atoms with Crippen LogP contribution in [-0.2, 0) is 13.0 Å². The quantitative estimate of drug-likeness (QED) is 0.841. The second kappa shape index (κ2) is 7.42. The third-order valence-electron chi connectivity index (χ3n) is 3.56. The van der Waals surface area contributed by atoms with Gasteiger partial charge in [0.25, 0.3) is 5.91 Å². The van der Waals surface area contributed by atoms with Crippen LogP contribution < -0.4 is 0 Å². The van der Waals surface area contributed by atoms with Crippen molar-refractivity contribution in [2.45, 2.75) is 32.9 Å². The summed E-state index contributed by atoms with van der Waals surface area (Å²) in [6.07, 6.45) is 0.367. The fraction of sp³-hybridized carbons (Fsp3) is 0.263.